The van der Waals surface area contributed by atoms with Gasteiger partial charge in [-0.1, -0.05) is 6.07 Å². The van der Waals surface area contributed by atoms with Gasteiger partial charge in [-0.25, -0.2) is 0 Å². The first-order valence-electron chi connectivity index (χ1n) is 7.05. The summed E-state index contributed by atoms with van der Waals surface area (Å²) in [5.41, 5.74) is 0.630. The van der Waals surface area contributed by atoms with Crippen molar-refractivity contribution >= 4 is 0 Å². The molecule has 0 heterocycles. The molecule has 0 aliphatic carbocycles. The molecule has 1 aromatic rings. The van der Waals surface area contributed by atoms with Gasteiger partial charge in [0.15, 0.2) is 0 Å². The third-order valence-electron chi connectivity index (χ3n) is 2.84. The third kappa shape index (κ3) is 7.13. The lowest BCUT2D eigenvalue weighted by Gasteiger charge is -2.17. The smallest absolute Gasteiger partial charge is 0.120 e. The van der Waals surface area contributed by atoms with Crippen LogP contribution in [0.2, 0.25) is 0 Å². The number of nitriles is 1. The van der Waals surface area contributed by atoms with Gasteiger partial charge >= 0.3 is 0 Å². The quantitative estimate of drug-likeness (QED) is 0.651. The van der Waals surface area contributed by atoms with Gasteiger partial charge in [0.05, 0.1) is 31.0 Å². The van der Waals surface area contributed by atoms with Crippen LogP contribution in [-0.4, -0.2) is 44.4 Å². The molecule has 0 amide bonds. The van der Waals surface area contributed by atoms with Crippen molar-refractivity contribution in [3.8, 4) is 11.8 Å². The number of hydrogen-bond donors (Lipinski definition) is 0. The standard InChI is InChI=1S/C16H24N2O2/c1-14(2)19-11-9-18(3)8-5-10-20-16-7-4-6-15(12-16)13-17/h4,6-7,12,14H,5,8-11H2,1-3H3. The first-order chi connectivity index (χ1) is 9.61. The zero-order chi connectivity index (χ0) is 14.8. The summed E-state index contributed by atoms with van der Waals surface area (Å²) >= 11 is 0. The van der Waals surface area contributed by atoms with Crippen LogP contribution in [0, 0.1) is 11.3 Å². The van der Waals surface area contributed by atoms with Gasteiger partial charge in [-0.05, 0) is 45.5 Å². The van der Waals surface area contributed by atoms with E-state index in [2.05, 4.69) is 18.0 Å². The molecule has 0 spiro atoms. The molecule has 0 bridgehead atoms. The average molecular weight is 276 g/mol. The first-order valence-corrected chi connectivity index (χ1v) is 7.05. The monoisotopic (exact) mass is 276 g/mol. The highest BCUT2D eigenvalue weighted by Gasteiger charge is 2.01. The summed E-state index contributed by atoms with van der Waals surface area (Å²) in [5.74, 6) is 0.759. The Kier molecular flexibility index (Phi) is 7.71. The van der Waals surface area contributed by atoms with Gasteiger partial charge in [0.1, 0.15) is 5.75 Å². The van der Waals surface area contributed by atoms with Crippen LogP contribution >= 0.6 is 0 Å². The van der Waals surface area contributed by atoms with Crippen molar-refractivity contribution in [1.82, 2.24) is 4.90 Å². The fourth-order valence-electron chi connectivity index (χ4n) is 1.74. The Hall–Kier alpha value is -1.57. The minimum atomic E-state index is 0.291. The van der Waals surface area contributed by atoms with Gasteiger partial charge in [0.25, 0.3) is 0 Å². The molecular formula is C16H24N2O2. The molecule has 0 saturated heterocycles. The fraction of sp³-hybridized carbons (Fsp3) is 0.562. The molecule has 20 heavy (non-hydrogen) atoms. The van der Waals surface area contributed by atoms with Gasteiger partial charge in [0, 0.05) is 13.1 Å². The summed E-state index contributed by atoms with van der Waals surface area (Å²) in [6.45, 7) is 7.41. The van der Waals surface area contributed by atoms with Crippen molar-refractivity contribution in [2.24, 2.45) is 0 Å². The number of likely N-dealkylation sites (N-methyl/N-ethyl adjacent to an activating group) is 1. The molecule has 0 unspecified atom stereocenters. The number of benzene rings is 1. The van der Waals surface area contributed by atoms with E-state index < -0.39 is 0 Å². The second-order valence-corrected chi connectivity index (χ2v) is 5.06. The van der Waals surface area contributed by atoms with Crippen LogP contribution in [0.3, 0.4) is 0 Å². The largest absolute Gasteiger partial charge is 0.494 e. The first kappa shape index (κ1) is 16.5. The molecule has 4 nitrogen and oxygen atoms in total. The van der Waals surface area contributed by atoms with E-state index in [0.717, 1.165) is 31.9 Å². The number of nitrogens with zero attached hydrogens (tertiary/aromatic N) is 2. The van der Waals surface area contributed by atoms with E-state index in [-0.39, 0.29) is 0 Å². The molecule has 0 N–H and O–H groups in total. The maximum Gasteiger partial charge on any atom is 0.120 e. The Morgan fingerprint density at radius 1 is 1.25 bits per heavy atom. The van der Waals surface area contributed by atoms with E-state index in [1.165, 1.54) is 0 Å². The number of rotatable bonds is 9. The predicted molar refractivity (Wildman–Crippen MR) is 79.9 cm³/mol. The van der Waals surface area contributed by atoms with Crippen molar-refractivity contribution in [3.05, 3.63) is 29.8 Å². The van der Waals surface area contributed by atoms with Crippen LogP contribution in [0.25, 0.3) is 0 Å². The SMILES string of the molecule is CC(C)OCCN(C)CCCOc1cccc(C#N)c1. The summed E-state index contributed by atoms with van der Waals surface area (Å²) in [4.78, 5) is 2.23. The molecule has 1 rings (SSSR count). The number of ether oxygens (including phenoxy) is 2. The zero-order valence-electron chi connectivity index (χ0n) is 12.6. The van der Waals surface area contributed by atoms with Crippen LogP contribution in [0.15, 0.2) is 24.3 Å². The molecule has 0 radical (unpaired) electrons. The summed E-state index contributed by atoms with van der Waals surface area (Å²) in [6, 6.07) is 9.36. The molecule has 0 aliphatic heterocycles. The Morgan fingerprint density at radius 3 is 2.75 bits per heavy atom. The lowest BCUT2D eigenvalue weighted by Crippen LogP contribution is -2.26. The molecule has 110 valence electrons. The Morgan fingerprint density at radius 2 is 2.05 bits per heavy atom. The van der Waals surface area contributed by atoms with Gasteiger partial charge < -0.3 is 14.4 Å². The predicted octanol–water partition coefficient (Wildman–Crippen LogP) is 2.68. The van der Waals surface area contributed by atoms with Gasteiger partial charge in [-0.2, -0.15) is 5.26 Å². The molecular weight excluding hydrogens is 252 g/mol. The van der Waals surface area contributed by atoms with Crippen molar-refractivity contribution in [3.63, 3.8) is 0 Å². The molecule has 0 aromatic heterocycles. The molecule has 1 aromatic carbocycles. The topological polar surface area (TPSA) is 45.5 Å². The van der Waals surface area contributed by atoms with E-state index in [9.17, 15) is 0 Å². The van der Waals surface area contributed by atoms with Crippen LogP contribution in [0.1, 0.15) is 25.8 Å². The van der Waals surface area contributed by atoms with Crippen LogP contribution in [0.4, 0.5) is 0 Å². The van der Waals surface area contributed by atoms with Gasteiger partial charge in [-0.15, -0.1) is 0 Å². The Labute approximate surface area is 121 Å². The van der Waals surface area contributed by atoms with Crippen molar-refractivity contribution in [2.75, 3.05) is 33.4 Å². The van der Waals surface area contributed by atoms with E-state index in [1.807, 2.05) is 26.0 Å². The maximum atomic E-state index is 8.80. The molecule has 0 fully saturated rings. The summed E-state index contributed by atoms with van der Waals surface area (Å²) in [5, 5.41) is 8.80. The van der Waals surface area contributed by atoms with E-state index >= 15 is 0 Å². The minimum absolute atomic E-state index is 0.291. The van der Waals surface area contributed by atoms with Crippen LogP contribution in [0.5, 0.6) is 5.75 Å². The Balaban J connectivity index is 2.13. The van der Waals surface area contributed by atoms with Crippen LogP contribution in [-0.2, 0) is 4.74 Å². The van der Waals surface area contributed by atoms with E-state index in [4.69, 9.17) is 14.7 Å². The van der Waals surface area contributed by atoms with Crippen molar-refractivity contribution < 1.29 is 9.47 Å². The van der Waals surface area contributed by atoms with Gasteiger partial charge in [0.2, 0.25) is 0 Å². The zero-order valence-corrected chi connectivity index (χ0v) is 12.6. The summed E-state index contributed by atoms with van der Waals surface area (Å²) < 4.78 is 11.1. The van der Waals surface area contributed by atoms with E-state index in [0.29, 0.717) is 18.3 Å². The summed E-state index contributed by atoms with van der Waals surface area (Å²) in [6.07, 6.45) is 1.24. The van der Waals surface area contributed by atoms with Crippen LogP contribution < -0.4 is 4.74 Å². The molecule has 0 saturated carbocycles. The summed E-state index contributed by atoms with van der Waals surface area (Å²) in [7, 11) is 2.08. The third-order valence-corrected chi connectivity index (χ3v) is 2.84. The Bertz CT molecular complexity index is 427. The van der Waals surface area contributed by atoms with E-state index in [1.54, 1.807) is 12.1 Å². The lowest BCUT2D eigenvalue weighted by molar-refractivity contribution is 0.0630. The normalized spacial score (nSPS) is 10.8. The highest BCUT2D eigenvalue weighted by Crippen LogP contribution is 2.12. The second-order valence-electron chi connectivity index (χ2n) is 5.06. The minimum Gasteiger partial charge on any atom is -0.494 e. The highest BCUT2D eigenvalue weighted by atomic mass is 16.5. The fourth-order valence-corrected chi connectivity index (χ4v) is 1.74. The lowest BCUT2D eigenvalue weighted by atomic mass is 10.2. The molecule has 4 heteroatoms. The molecule has 0 atom stereocenters. The second kappa shape index (κ2) is 9.35. The van der Waals surface area contributed by atoms with Crippen molar-refractivity contribution in [1.29, 1.82) is 5.26 Å². The molecule has 0 aliphatic rings. The maximum absolute atomic E-state index is 8.80. The number of hydrogen-bond acceptors (Lipinski definition) is 4. The van der Waals surface area contributed by atoms with Crippen molar-refractivity contribution in [2.45, 2.75) is 26.4 Å². The average Bonchev–Trinajstić information content (AvgIpc) is 2.43. The van der Waals surface area contributed by atoms with Gasteiger partial charge in [-0.3, -0.25) is 0 Å². The highest BCUT2D eigenvalue weighted by molar-refractivity contribution is 5.36.